The number of carbonyl (C=O) groups is 1. The molecular formula is C22H16Cl2O. The highest BCUT2D eigenvalue weighted by Crippen LogP contribution is 2.64. The van der Waals surface area contributed by atoms with Crippen LogP contribution in [0.2, 0.25) is 10.0 Å². The summed E-state index contributed by atoms with van der Waals surface area (Å²) < 4.78 is 0. The molecule has 0 amide bonds. The van der Waals surface area contributed by atoms with Gasteiger partial charge in [0.2, 0.25) is 0 Å². The fourth-order valence-corrected chi connectivity index (χ4v) is 5.36. The van der Waals surface area contributed by atoms with E-state index in [2.05, 4.69) is 18.2 Å². The number of hydrogen-bond donors (Lipinski definition) is 0. The minimum Gasteiger partial charge on any atom is -0.298 e. The molecule has 1 fully saturated rings. The van der Waals surface area contributed by atoms with E-state index in [0.29, 0.717) is 21.7 Å². The maximum atomic E-state index is 13.5. The molecule has 0 aromatic heterocycles. The number of benzene rings is 2. The largest absolute Gasteiger partial charge is 0.298 e. The number of allylic oxidation sites excluding steroid dienone is 4. The number of Topliss-reactive ketones (excluding diaryl/α,β-unsaturated/α-hetero) is 1. The molecule has 25 heavy (non-hydrogen) atoms. The maximum Gasteiger partial charge on any atom is 0.155 e. The van der Waals surface area contributed by atoms with Crippen molar-refractivity contribution in [2.24, 2.45) is 17.8 Å². The molecular weight excluding hydrogens is 351 g/mol. The lowest BCUT2D eigenvalue weighted by molar-refractivity contribution is -0.122. The number of fused-ring (bicyclic) bond motifs is 5. The number of hydrogen-bond acceptors (Lipinski definition) is 1. The van der Waals surface area contributed by atoms with E-state index in [0.717, 1.165) is 23.1 Å². The van der Waals surface area contributed by atoms with Crippen LogP contribution in [0, 0.1) is 17.8 Å². The van der Waals surface area contributed by atoms with E-state index < -0.39 is 5.41 Å². The Morgan fingerprint density at radius 1 is 0.920 bits per heavy atom. The summed E-state index contributed by atoms with van der Waals surface area (Å²) in [5.41, 5.74) is 2.65. The zero-order valence-electron chi connectivity index (χ0n) is 13.5. The molecule has 124 valence electrons. The van der Waals surface area contributed by atoms with Crippen LogP contribution in [0.5, 0.6) is 0 Å². The van der Waals surface area contributed by atoms with Gasteiger partial charge in [0.1, 0.15) is 0 Å². The van der Waals surface area contributed by atoms with Gasteiger partial charge in [-0.1, -0.05) is 65.7 Å². The van der Waals surface area contributed by atoms with E-state index in [1.807, 2.05) is 48.5 Å². The maximum absolute atomic E-state index is 13.5. The molecule has 0 heterocycles. The first-order chi connectivity index (χ1) is 12.1. The summed E-state index contributed by atoms with van der Waals surface area (Å²) in [6.07, 6.45) is 7.67. The predicted octanol–water partition coefficient (Wildman–Crippen LogP) is 5.72. The number of halogens is 2. The Labute approximate surface area is 157 Å². The van der Waals surface area contributed by atoms with Crippen molar-refractivity contribution in [3.05, 3.63) is 87.9 Å². The van der Waals surface area contributed by atoms with Gasteiger partial charge in [0, 0.05) is 21.9 Å². The molecule has 0 saturated heterocycles. The average Bonchev–Trinajstić information content (AvgIpc) is 3.26. The lowest BCUT2D eigenvalue weighted by Crippen LogP contribution is -2.37. The summed E-state index contributed by atoms with van der Waals surface area (Å²) in [5.74, 6) is 0.946. The molecule has 5 rings (SSSR count). The van der Waals surface area contributed by atoms with E-state index in [1.165, 1.54) is 0 Å². The van der Waals surface area contributed by atoms with Crippen LogP contribution < -0.4 is 0 Å². The van der Waals surface area contributed by atoms with E-state index in [-0.39, 0.29) is 11.8 Å². The molecule has 0 aliphatic heterocycles. The van der Waals surface area contributed by atoms with E-state index >= 15 is 0 Å². The Morgan fingerprint density at radius 2 is 1.56 bits per heavy atom. The van der Waals surface area contributed by atoms with E-state index in [4.69, 9.17) is 23.2 Å². The molecule has 3 aliphatic rings. The van der Waals surface area contributed by atoms with Crippen molar-refractivity contribution in [2.45, 2.75) is 11.8 Å². The average molecular weight is 367 g/mol. The Morgan fingerprint density at radius 3 is 2.24 bits per heavy atom. The fourth-order valence-electron chi connectivity index (χ4n) is 5.11. The van der Waals surface area contributed by atoms with Crippen molar-refractivity contribution in [2.75, 3.05) is 0 Å². The Hall–Kier alpha value is -1.83. The first-order valence-electron chi connectivity index (χ1n) is 8.57. The summed E-state index contributed by atoms with van der Waals surface area (Å²) in [4.78, 5) is 13.5. The van der Waals surface area contributed by atoms with Gasteiger partial charge in [-0.2, -0.15) is 0 Å². The summed E-state index contributed by atoms with van der Waals surface area (Å²) in [5, 5.41) is 1.40. The van der Waals surface area contributed by atoms with Gasteiger partial charge in [-0.25, -0.2) is 0 Å². The smallest absolute Gasteiger partial charge is 0.155 e. The quantitative estimate of drug-likeness (QED) is 0.621. The van der Waals surface area contributed by atoms with Gasteiger partial charge in [0.15, 0.2) is 5.78 Å². The fraction of sp³-hybridized carbons (Fsp3) is 0.227. The normalized spacial score (nSPS) is 32.2. The summed E-state index contributed by atoms with van der Waals surface area (Å²) >= 11 is 12.2. The van der Waals surface area contributed by atoms with Crippen LogP contribution in [-0.4, -0.2) is 5.78 Å². The lowest BCUT2D eigenvalue weighted by atomic mass is 9.64. The van der Waals surface area contributed by atoms with Crippen molar-refractivity contribution in [1.29, 1.82) is 0 Å². The Bertz CT molecular complexity index is 924. The molecule has 0 spiro atoms. The van der Waals surface area contributed by atoms with Crippen molar-refractivity contribution in [3.63, 3.8) is 0 Å². The molecule has 4 unspecified atom stereocenters. The predicted molar refractivity (Wildman–Crippen MR) is 102 cm³/mol. The number of rotatable bonds is 2. The number of carbonyl (C=O) groups excluding carboxylic acids is 1. The van der Waals surface area contributed by atoms with Gasteiger partial charge in [-0.05, 0) is 53.3 Å². The molecule has 2 bridgehead atoms. The first-order valence-corrected chi connectivity index (χ1v) is 9.33. The van der Waals surface area contributed by atoms with Crippen LogP contribution in [0.1, 0.15) is 17.5 Å². The van der Waals surface area contributed by atoms with Gasteiger partial charge < -0.3 is 0 Å². The standard InChI is InChI=1S/C22H16Cl2O/c23-15-8-4-13(5-9-15)20-12-18-17-2-1-3-19(17)22(20,21(18)25)14-6-10-16(24)11-7-14/h1,3-12,17-19H,2H2. The topological polar surface area (TPSA) is 17.1 Å². The van der Waals surface area contributed by atoms with Gasteiger partial charge in [0.05, 0.1) is 5.41 Å². The van der Waals surface area contributed by atoms with Gasteiger partial charge >= 0.3 is 0 Å². The third kappa shape index (κ3) is 1.94. The highest BCUT2D eigenvalue weighted by Gasteiger charge is 2.65. The third-order valence-corrected chi connectivity index (χ3v) is 6.60. The second kappa shape index (κ2) is 5.33. The molecule has 0 N–H and O–H groups in total. The molecule has 1 nitrogen and oxygen atoms in total. The third-order valence-electron chi connectivity index (χ3n) is 6.09. The van der Waals surface area contributed by atoms with Crippen LogP contribution >= 0.6 is 23.2 Å². The SMILES string of the molecule is O=C1C2C=C(c3ccc(Cl)cc3)C1(c1ccc(Cl)cc1)C1C=CCC21. The van der Waals surface area contributed by atoms with Crippen LogP contribution in [0.4, 0.5) is 0 Å². The molecule has 2 aromatic carbocycles. The van der Waals surface area contributed by atoms with Crippen molar-refractivity contribution >= 4 is 34.6 Å². The van der Waals surface area contributed by atoms with Crippen molar-refractivity contribution in [1.82, 2.24) is 0 Å². The zero-order chi connectivity index (χ0) is 17.2. The van der Waals surface area contributed by atoms with Crippen LogP contribution in [0.15, 0.2) is 66.8 Å². The molecule has 4 atom stereocenters. The second-order valence-corrected chi connectivity index (χ2v) is 8.02. The molecule has 0 radical (unpaired) electrons. The summed E-state index contributed by atoms with van der Waals surface area (Å²) in [6.45, 7) is 0. The van der Waals surface area contributed by atoms with Gasteiger partial charge in [0.25, 0.3) is 0 Å². The summed E-state index contributed by atoms with van der Waals surface area (Å²) in [6, 6.07) is 15.6. The molecule has 3 aliphatic carbocycles. The van der Waals surface area contributed by atoms with Gasteiger partial charge in [-0.3, -0.25) is 4.79 Å². The second-order valence-electron chi connectivity index (χ2n) is 7.15. The minimum absolute atomic E-state index is 0.00126. The zero-order valence-corrected chi connectivity index (χ0v) is 15.0. The minimum atomic E-state index is -0.596. The van der Waals surface area contributed by atoms with E-state index in [1.54, 1.807) is 0 Å². The highest BCUT2D eigenvalue weighted by molar-refractivity contribution is 6.31. The monoisotopic (exact) mass is 366 g/mol. The lowest BCUT2D eigenvalue weighted by Gasteiger charge is -2.36. The molecule has 2 aromatic rings. The van der Waals surface area contributed by atoms with Crippen LogP contribution in [0.25, 0.3) is 5.57 Å². The van der Waals surface area contributed by atoms with Crippen molar-refractivity contribution in [3.8, 4) is 0 Å². The van der Waals surface area contributed by atoms with Crippen LogP contribution in [-0.2, 0) is 10.2 Å². The van der Waals surface area contributed by atoms with Gasteiger partial charge in [-0.15, -0.1) is 0 Å². The Kier molecular flexibility index (Phi) is 3.29. The van der Waals surface area contributed by atoms with E-state index in [9.17, 15) is 4.79 Å². The van der Waals surface area contributed by atoms with Crippen molar-refractivity contribution < 1.29 is 4.79 Å². The highest BCUT2D eigenvalue weighted by atomic mass is 35.5. The molecule has 1 saturated carbocycles. The molecule has 3 heteroatoms. The number of ketones is 1. The first kappa shape index (κ1) is 15.4. The Balaban J connectivity index is 1.76. The summed E-state index contributed by atoms with van der Waals surface area (Å²) in [7, 11) is 0. The van der Waals surface area contributed by atoms with Crippen LogP contribution in [0.3, 0.4) is 0 Å².